The van der Waals surface area contributed by atoms with Crippen molar-refractivity contribution in [3.8, 4) is 22.5 Å². The highest BCUT2D eigenvalue weighted by molar-refractivity contribution is 5.92. The van der Waals surface area contributed by atoms with Gasteiger partial charge in [0.2, 0.25) is 17.6 Å². The molecule has 0 aliphatic heterocycles. The fourth-order valence-corrected chi connectivity index (χ4v) is 3.74. The Balaban J connectivity index is 1.20. The SMILES string of the molecule is O=C(CCc1nc(-c2ccc(F)cc2)no1)Nc1ccc2c(c1)Cc1ccccc1-2. The number of amides is 1. The zero-order chi connectivity index (χ0) is 20.5. The normalized spacial score (nSPS) is 11.8. The predicted molar refractivity (Wildman–Crippen MR) is 111 cm³/mol. The minimum absolute atomic E-state index is 0.119. The zero-order valence-electron chi connectivity index (χ0n) is 16.1. The van der Waals surface area contributed by atoms with Gasteiger partial charge >= 0.3 is 0 Å². The Labute approximate surface area is 172 Å². The molecule has 0 saturated carbocycles. The molecule has 0 spiro atoms. The van der Waals surface area contributed by atoms with Gasteiger partial charge in [-0.15, -0.1) is 0 Å². The number of nitrogens with zero attached hydrogens (tertiary/aromatic N) is 2. The molecule has 5 nitrogen and oxygen atoms in total. The maximum atomic E-state index is 13.0. The van der Waals surface area contributed by atoms with Crippen LogP contribution in [0.2, 0.25) is 0 Å². The van der Waals surface area contributed by atoms with Crippen LogP contribution >= 0.6 is 0 Å². The number of anilines is 1. The second kappa shape index (κ2) is 7.55. The number of rotatable bonds is 5. The van der Waals surface area contributed by atoms with Crippen molar-refractivity contribution in [1.29, 1.82) is 0 Å². The van der Waals surface area contributed by atoms with E-state index in [2.05, 4.69) is 33.7 Å². The van der Waals surface area contributed by atoms with Gasteiger partial charge in [-0.25, -0.2) is 4.39 Å². The topological polar surface area (TPSA) is 68.0 Å². The minimum atomic E-state index is -0.324. The molecule has 1 aliphatic rings. The van der Waals surface area contributed by atoms with E-state index in [0.29, 0.717) is 23.7 Å². The van der Waals surface area contributed by atoms with Gasteiger partial charge in [-0.3, -0.25) is 4.79 Å². The van der Waals surface area contributed by atoms with E-state index in [9.17, 15) is 9.18 Å². The molecule has 30 heavy (non-hydrogen) atoms. The molecular formula is C24H18FN3O2. The minimum Gasteiger partial charge on any atom is -0.339 e. The average molecular weight is 399 g/mol. The van der Waals surface area contributed by atoms with Gasteiger partial charge in [0.1, 0.15) is 5.82 Å². The molecule has 5 rings (SSSR count). The number of aryl methyl sites for hydroxylation is 1. The van der Waals surface area contributed by atoms with Gasteiger partial charge in [0.15, 0.2) is 0 Å². The smallest absolute Gasteiger partial charge is 0.227 e. The van der Waals surface area contributed by atoms with Crippen LogP contribution in [0.1, 0.15) is 23.4 Å². The first-order valence-electron chi connectivity index (χ1n) is 9.75. The molecule has 6 heteroatoms. The largest absolute Gasteiger partial charge is 0.339 e. The molecule has 0 radical (unpaired) electrons. The first-order valence-corrected chi connectivity index (χ1v) is 9.75. The summed E-state index contributed by atoms with van der Waals surface area (Å²) >= 11 is 0. The van der Waals surface area contributed by atoms with Gasteiger partial charge in [0, 0.05) is 24.1 Å². The quantitative estimate of drug-likeness (QED) is 0.451. The highest BCUT2D eigenvalue weighted by Gasteiger charge is 2.18. The van der Waals surface area contributed by atoms with E-state index in [1.165, 1.54) is 34.4 Å². The summed E-state index contributed by atoms with van der Waals surface area (Å²) in [6, 6.07) is 20.2. The van der Waals surface area contributed by atoms with E-state index in [4.69, 9.17) is 4.52 Å². The van der Waals surface area contributed by atoms with E-state index in [0.717, 1.165) is 12.1 Å². The monoisotopic (exact) mass is 399 g/mol. The van der Waals surface area contributed by atoms with Crippen molar-refractivity contribution < 1.29 is 13.7 Å². The third-order valence-electron chi connectivity index (χ3n) is 5.21. The lowest BCUT2D eigenvalue weighted by atomic mass is 10.1. The van der Waals surface area contributed by atoms with E-state index >= 15 is 0 Å². The second-order valence-electron chi connectivity index (χ2n) is 7.27. The van der Waals surface area contributed by atoms with Gasteiger partial charge in [-0.2, -0.15) is 4.98 Å². The maximum Gasteiger partial charge on any atom is 0.227 e. The molecule has 1 N–H and O–H groups in total. The van der Waals surface area contributed by atoms with Crippen LogP contribution in [-0.4, -0.2) is 16.0 Å². The lowest BCUT2D eigenvalue weighted by molar-refractivity contribution is -0.116. The van der Waals surface area contributed by atoms with E-state index in [1.54, 1.807) is 12.1 Å². The molecule has 0 bridgehead atoms. The molecule has 4 aromatic rings. The first kappa shape index (κ1) is 18.2. The lowest BCUT2D eigenvalue weighted by Crippen LogP contribution is -2.12. The van der Waals surface area contributed by atoms with Crippen molar-refractivity contribution in [2.24, 2.45) is 0 Å². The highest BCUT2D eigenvalue weighted by Crippen LogP contribution is 2.37. The fraction of sp³-hybridized carbons (Fsp3) is 0.125. The third kappa shape index (κ3) is 3.59. The lowest BCUT2D eigenvalue weighted by Gasteiger charge is -2.07. The first-order chi connectivity index (χ1) is 14.7. The van der Waals surface area contributed by atoms with Crippen molar-refractivity contribution >= 4 is 11.6 Å². The summed E-state index contributed by atoms with van der Waals surface area (Å²) in [5.41, 5.74) is 6.46. The molecule has 0 unspecified atom stereocenters. The number of carbonyl (C=O) groups is 1. The summed E-state index contributed by atoms with van der Waals surface area (Å²) in [5, 5.41) is 6.84. The van der Waals surface area contributed by atoms with E-state index in [-0.39, 0.29) is 18.1 Å². The van der Waals surface area contributed by atoms with Crippen LogP contribution in [0.5, 0.6) is 0 Å². The predicted octanol–water partition coefficient (Wildman–Crippen LogP) is 5.02. The average Bonchev–Trinajstić information content (AvgIpc) is 3.37. The van der Waals surface area contributed by atoms with Crippen molar-refractivity contribution in [2.45, 2.75) is 19.3 Å². The number of fused-ring (bicyclic) bond motifs is 3. The van der Waals surface area contributed by atoms with Crippen LogP contribution < -0.4 is 5.32 Å². The second-order valence-corrected chi connectivity index (χ2v) is 7.27. The number of halogens is 1. The van der Waals surface area contributed by atoms with Crippen molar-refractivity contribution in [3.63, 3.8) is 0 Å². The standard InChI is InChI=1S/C24H18FN3O2/c25-18-7-5-15(6-8-18)24-27-23(30-28-24)12-11-22(29)26-19-9-10-21-17(14-19)13-16-3-1-2-4-20(16)21/h1-10,14H,11-13H2,(H,26,29). The molecule has 1 aromatic heterocycles. The fourth-order valence-electron chi connectivity index (χ4n) is 3.74. The molecule has 0 atom stereocenters. The third-order valence-corrected chi connectivity index (χ3v) is 5.21. The van der Waals surface area contributed by atoms with Gasteiger partial charge in [0.25, 0.3) is 0 Å². The van der Waals surface area contributed by atoms with Crippen LogP contribution in [-0.2, 0) is 17.6 Å². The summed E-state index contributed by atoms with van der Waals surface area (Å²) in [6.45, 7) is 0. The number of aromatic nitrogens is 2. The molecule has 148 valence electrons. The molecule has 1 aliphatic carbocycles. The van der Waals surface area contributed by atoms with Crippen molar-refractivity contribution in [3.05, 3.63) is 89.6 Å². The van der Waals surface area contributed by atoms with Crippen LogP contribution in [0.3, 0.4) is 0 Å². The number of carbonyl (C=O) groups excluding carboxylic acids is 1. The Kier molecular flexibility index (Phi) is 4.59. The number of hydrogen-bond donors (Lipinski definition) is 1. The summed E-state index contributed by atoms with van der Waals surface area (Å²) in [5.74, 6) is 0.305. The Morgan fingerprint density at radius 3 is 2.67 bits per heavy atom. The molecule has 1 amide bonds. The Bertz CT molecular complexity index is 1230. The molecular weight excluding hydrogens is 381 g/mol. The number of hydrogen-bond acceptors (Lipinski definition) is 4. The summed E-state index contributed by atoms with van der Waals surface area (Å²) in [4.78, 5) is 16.7. The number of benzene rings is 3. The Morgan fingerprint density at radius 1 is 1.00 bits per heavy atom. The van der Waals surface area contributed by atoms with Gasteiger partial charge in [-0.05, 0) is 65.1 Å². The van der Waals surface area contributed by atoms with Gasteiger partial charge in [0.05, 0.1) is 0 Å². The summed E-state index contributed by atoms with van der Waals surface area (Å²) in [7, 11) is 0. The molecule has 0 saturated heterocycles. The zero-order valence-corrected chi connectivity index (χ0v) is 16.1. The maximum absolute atomic E-state index is 13.0. The summed E-state index contributed by atoms with van der Waals surface area (Å²) < 4.78 is 18.2. The molecule has 3 aromatic carbocycles. The van der Waals surface area contributed by atoms with Crippen molar-refractivity contribution in [2.75, 3.05) is 5.32 Å². The Hall–Kier alpha value is -3.80. The number of nitrogens with one attached hydrogen (secondary N) is 1. The van der Waals surface area contributed by atoms with Crippen LogP contribution in [0.15, 0.2) is 71.3 Å². The van der Waals surface area contributed by atoms with E-state index < -0.39 is 0 Å². The molecule has 0 fully saturated rings. The van der Waals surface area contributed by atoms with Gasteiger partial charge < -0.3 is 9.84 Å². The Morgan fingerprint density at radius 2 is 1.80 bits per heavy atom. The molecule has 1 heterocycles. The summed E-state index contributed by atoms with van der Waals surface area (Å²) in [6.07, 6.45) is 1.43. The van der Waals surface area contributed by atoms with Crippen molar-refractivity contribution in [1.82, 2.24) is 10.1 Å². The van der Waals surface area contributed by atoms with Crippen LogP contribution in [0.25, 0.3) is 22.5 Å². The van der Waals surface area contributed by atoms with Crippen LogP contribution in [0, 0.1) is 5.82 Å². The van der Waals surface area contributed by atoms with E-state index in [1.807, 2.05) is 24.3 Å². The van der Waals surface area contributed by atoms with Gasteiger partial charge in [-0.1, -0.05) is 35.5 Å². The van der Waals surface area contributed by atoms with Crippen LogP contribution in [0.4, 0.5) is 10.1 Å². The highest BCUT2D eigenvalue weighted by atomic mass is 19.1.